The number of nitrogens with zero attached hydrogens (tertiary/aromatic N) is 3. The molecule has 8 heteroatoms. The topological polar surface area (TPSA) is 111 Å². The molecule has 4 aliphatic carbocycles. The molecule has 1 N–H and O–H groups in total. The molecule has 5 rings (SSSR count). The molecule has 1 aromatic rings. The summed E-state index contributed by atoms with van der Waals surface area (Å²) in [6.45, 7) is 6.72. The Labute approximate surface area is 163 Å². The predicted octanol–water partition coefficient (Wildman–Crippen LogP) is 5.06. The molecule has 0 saturated heterocycles. The number of hydrazone groups is 1. The van der Waals surface area contributed by atoms with Crippen LogP contribution in [0.1, 0.15) is 46.5 Å². The number of hydrogen-bond acceptors (Lipinski definition) is 6. The summed E-state index contributed by atoms with van der Waals surface area (Å²) in [6.07, 6.45) is 6.62. The number of benzene rings is 1. The maximum absolute atomic E-state index is 11.4. The van der Waals surface area contributed by atoms with E-state index in [1.165, 1.54) is 24.1 Å². The van der Waals surface area contributed by atoms with E-state index in [0.29, 0.717) is 11.8 Å². The third-order valence-electron chi connectivity index (χ3n) is 6.82. The lowest BCUT2D eigenvalue weighted by molar-refractivity contribution is -0.393. The Bertz CT molecular complexity index is 940. The maximum Gasteiger partial charge on any atom is 0.301 e. The van der Waals surface area contributed by atoms with Crippen LogP contribution >= 0.6 is 0 Å². The zero-order valence-electron chi connectivity index (χ0n) is 16.3. The fourth-order valence-corrected chi connectivity index (χ4v) is 5.89. The molecule has 8 nitrogen and oxygen atoms in total. The Morgan fingerprint density at radius 3 is 2.64 bits per heavy atom. The van der Waals surface area contributed by atoms with Crippen LogP contribution in [-0.4, -0.2) is 15.6 Å². The molecule has 2 saturated carbocycles. The highest BCUT2D eigenvalue weighted by Crippen LogP contribution is 2.64. The van der Waals surface area contributed by atoms with E-state index in [2.05, 4.69) is 37.4 Å². The van der Waals surface area contributed by atoms with Crippen LogP contribution in [0.3, 0.4) is 0 Å². The third-order valence-corrected chi connectivity index (χ3v) is 6.82. The summed E-state index contributed by atoms with van der Waals surface area (Å²) < 4.78 is 0. The van der Waals surface area contributed by atoms with Crippen molar-refractivity contribution in [3.63, 3.8) is 0 Å². The fourth-order valence-electron chi connectivity index (χ4n) is 5.89. The van der Waals surface area contributed by atoms with Crippen LogP contribution in [0.2, 0.25) is 0 Å². The van der Waals surface area contributed by atoms with Crippen molar-refractivity contribution < 1.29 is 9.85 Å². The Morgan fingerprint density at radius 1 is 1.21 bits per heavy atom. The summed E-state index contributed by atoms with van der Waals surface area (Å²) in [5.41, 5.74) is 4.83. The highest BCUT2D eigenvalue weighted by atomic mass is 16.6. The summed E-state index contributed by atoms with van der Waals surface area (Å²) in [5.74, 6) is 1.17. The molecule has 2 bridgehead atoms. The minimum Gasteiger partial charge on any atom is -0.272 e. The Balaban J connectivity index is 1.72. The molecule has 28 heavy (non-hydrogen) atoms. The van der Waals surface area contributed by atoms with Crippen molar-refractivity contribution >= 4 is 22.8 Å². The summed E-state index contributed by atoms with van der Waals surface area (Å²) >= 11 is 0. The summed E-state index contributed by atoms with van der Waals surface area (Å²) in [6, 6.07) is 3.59. The van der Waals surface area contributed by atoms with Gasteiger partial charge in [0.1, 0.15) is 5.69 Å². The lowest BCUT2D eigenvalue weighted by Crippen LogP contribution is -2.50. The SMILES string of the molecule is CC1=C[C@]2(C)C/C(=N\Nc3ccc([N+](=O)[O-])cc3[N+](=O)[O-])[C@]13C[C@@H](C)C[C@@H]3C2. The molecule has 4 atom stereocenters. The molecule has 0 aliphatic heterocycles. The molecule has 0 radical (unpaired) electrons. The molecular formula is C20H24N4O4. The molecule has 0 amide bonds. The number of rotatable bonds is 4. The molecular weight excluding hydrogens is 360 g/mol. The van der Waals surface area contributed by atoms with Gasteiger partial charge >= 0.3 is 5.69 Å². The molecule has 2 fully saturated rings. The molecule has 1 spiro atoms. The van der Waals surface area contributed by atoms with Crippen LogP contribution in [0.25, 0.3) is 0 Å². The summed E-state index contributed by atoms with van der Waals surface area (Å²) in [5, 5.41) is 27.0. The van der Waals surface area contributed by atoms with Crippen LogP contribution in [0, 0.1) is 42.9 Å². The van der Waals surface area contributed by atoms with E-state index in [0.717, 1.165) is 31.0 Å². The van der Waals surface area contributed by atoms with E-state index in [9.17, 15) is 20.2 Å². The number of allylic oxidation sites excluding steroid dienone is 2. The van der Waals surface area contributed by atoms with Gasteiger partial charge in [0.15, 0.2) is 0 Å². The van der Waals surface area contributed by atoms with Crippen LogP contribution in [-0.2, 0) is 0 Å². The van der Waals surface area contributed by atoms with E-state index in [1.54, 1.807) is 0 Å². The molecule has 0 unspecified atom stereocenters. The van der Waals surface area contributed by atoms with Gasteiger partial charge in [-0.15, -0.1) is 0 Å². The van der Waals surface area contributed by atoms with Crippen LogP contribution < -0.4 is 5.43 Å². The van der Waals surface area contributed by atoms with Gasteiger partial charge in [-0.3, -0.25) is 25.7 Å². The first-order valence-corrected chi connectivity index (χ1v) is 9.60. The quantitative estimate of drug-likeness (QED) is 0.443. The van der Waals surface area contributed by atoms with Gasteiger partial charge in [-0.2, -0.15) is 5.10 Å². The van der Waals surface area contributed by atoms with E-state index in [-0.39, 0.29) is 27.9 Å². The van der Waals surface area contributed by atoms with Gasteiger partial charge in [-0.25, -0.2) is 0 Å². The average molecular weight is 384 g/mol. The predicted molar refractivity (Wildman–Crippen MR) is 106 cm³/mol. The second kappa shape index (κ2) is 6.12. The highest BCUT2D eigenvalue weighted by Gasteiger charge is 2.59. The van der Waals surface area contributed by atoms with Gasteiger partial charge in [0.25, 0.3) is 5.69 Å². The van der Waals surface area contributed by atoms with E-state index >= 15 is 0 Å². The standard InChI is InChI=1S/C20H24N4O4/c1-12-6-14-10-19(3)9-13(2)20(14,8-12)18(11-19)22-21-16-5-4-15(23(25)26)7-17(16)24(27)28/h4-5,7,9,12,14,21H,6,8,10-11H2,1-3H3/b22-18+/t12-,14+,19-,20+/m0/s1. The molecule has 0 heterocycles. The first-order chi connectivity index (χ1) is 13.1. The van der Waals surface area contributed by atoms with Crippen molar-refractivity contribution in [2.24, 2.45) is 27.8 Å². The van der Waals surface area contributed by atoms with Gasteiger partial charge in [-0.05, 0) is 55.9 Å². The number of non-ortho nitro benzene ring substituents is 1. The van der Waals surface area contributed by atoms with E-state index < -0.39 is 9.85 Å². The van der Waals surface area contributed by atoms with Gasteiger partial charge in [-0.1, -0.05) is 25.5 Å². The molecule has 4 aliphatic rings. The fraction of sp³-hybridized carbons (Fsp3) is 0.550. The molecule has 148 valence electrons. The number of nitrogens with one attached hydrogen (secondary N) is 1. The van der Waals surface area contributed by atoms with Gasteiger partial charge in [0.05, 0.1) is 15.9 Å². The zero-order chi connectivity index (χ0) is 20.3. The van der Waals surface area contributed by atoms with Crippen molar-refractivity contribution in [3.8, 4) is 0 Å². The minimum atomic E-state index is -0.638. The van der Waals surface area contributed by atoms with Gasteiger partial charge in [0, 0.05) is 17.2 Å². The normalized spacial score (nSPS) is 34.8. The zero-order valence-corrected chi connectivity index (χ0v) is 16.3. The second-order valence-corrected chi connectivity index (χ2v) is 8.96. The van der Waals surface area contributed by atoms with Crippen molar-refractivity contribution in [3.05, 3.63) is 50.1 Å². The Morgan fingerprint density at radius 2 is 1.96 bits per heavy atom. The maximum atomic E-state index is 11.4. The first-order valence-electron chi connectivity index (χ1n) is 9.60. The number of fused-ring (bicyclic) bond motifs is 1. The summed E-state index contributed by atoms with van der Waals surface area (Å²) in [7, 11) is 0. The van der Waals surface area contributed by atoms with E-state index in [4.69, 9.17) is 0 Å². The molecule has 1 aromatic carbocycles. The summed E-state index contributed by atoms with van der Waals surface area (Å²) in [4.78, 5) is 21.1. The number of anilines is 1. The molecule has 0 aromatic heterocycles. The van der Waals surface area contributed by atoms with Crippen LogP contribution in [0.4, 0.5) is 17.1 Å². The van der Waals surface area contributed by atoms with Crippen LogP contribution in [0.15, 0.2) is 34.9 Å². The Hall–Kier alpha value is -2.77. The lowest BCUT2D eigenvalue weighted by Gasteiger charge is -2.53. The smallest absolute Gasteiger partial charge is 0.272 e. The van der Waals surface area contributed by atoms with Crippen molar-refractivity contribution in [1.82, 2.24) is 0 Å². The largest absolute Gasteiger partial charge is 0.301 e. The second-order valence-electron chi connectivity index (χ2n) is 8.96. The number of nitro benzene ring substituents is 2. The monoisotopic (exact) mass is 384 g/mol. The first kappa shape index (κ1) is 18.6. The van der Waals surface area contributed by atoms with Crippen molar-refractivity contribution in [2.75, 3.05) is 5.43 Å². The van der Waals surface area contributed by atoms with Crippen LogP contribution in [0.5, 0.6) is 0 Å². The van der Waals surface area contributed by atoms with Gasteiger partial charge < -0.3 is 0 Å². The van der Waals surface area contributed by atoms with Gasteiger partial charge in [0.2, 0.25) is 0 Å². The van der Waals surface area contributed by atoms with Crippen molar-refractivity contribution in [2.45, 2.75) is 46.5 Å². The van der Waals surface area contributed by atoms with Crippen molar-refractivity contribution in [1.29, 1.82) is 0 Å². The van der Waals surface area contributed by atoms with E-state index in [1.807, 2.05) is 0 Å². The third kappa shape index (κ3) is 2.70. The number of nitro groups is 2. The Kier molecular flexibility index (Phi) is 4.06. The highest BCUT2D eigenvalue weighted by molar-refractivity contribution is 5.97. The minimum absolute atomic E-state index is 0.0558. The average Bonchev–Trinajstić information content (AvgIpc) is 2.95. The number of hydrogen-bond donors (Lipinski definition) is 1. The lowest BCUT2D eigenvalue weighted by atomic mass is 9.51.